The van der Waals surface area contributed by atoms with Crippen LogP contribution in [0.25, 0.3) is 11.6 Å². The van der Waals surface area contributed by atoms with Crippen molar-refractivity contribution in [3.8, 4) is 0 Å². The number of hydrogen-bond donors (Lipinski definition) is 1. The van der Waals surface area contributed by atoms with Gasteiger partial charge in [-0.05, 0) is 51.8 Å². The van der Waals surface area contributed by atoms with Crippen LogP contribution in [0.2, 0.25) is 0 Å². The Morgan fingerprint density at radius 3 is 2.38 bits per heavy atom. The molecule has 0 saturated carbocycles. The number of aliphatic hydroxyl groups is 1. The highest BCUT2D eigenvalue weighted by atomic mass is 16.3. The van der Waals surface area contributed by atoms with Crippen LogP contribution in [-0.4, -0.2) is 10.1 Å². The quantitative estimate of drug-likeness (QED) is 0.778. The maximum Gasteiger partial charge on any atom is 0.0853 e. The van der Waals surface area contributed by atoms with E-state index in [2.05, 4.69) is 44.0 Å². The Balaban J connectivity index is 3.39. The zero-order valence-electron chi connectivity index (χ0n) is 13.6. The number of nitrogens with zero attached hydrogens (tertiary/aromatic N) is 1. The lowest BCUT2D eigenvalue weighted by atomic mass is 9.98. The van der Waals surface area contributed by atoms with E-state index in [0.717, 1.165) is 22.4 Å². The van der Waals surface area contributed by atoms with E-state index in [0.29, 0.717) is 5.69 Å². The van der Waals surface area contributed by atoms with Crippen molar-refractivity contribution in [1.82, 2.24) is 4.98 Å². The Hall–Kier alpha value is -1.93. The second kappa shape index (κ2) is 8.38. The van der Waals surface area contributed by atoms with Gasteiger partial charge in [-0.15, -0.1) is 0 Å². The largest absolute Gasteiger partial charge is 0.390 e. The van der Waals surface area contributed by atoms with Gasteiger partial charge in [0.2, 0.25) is 0 Å². The fourth-order valence-electron chi connectivity index (χ4n) is 2.06. The summed E-state index contributed by atoms with van der Waals surface area (Å²) in [7, 11) is 0. The molecule has 0 bridgehead atoms. The average molecular weight is 283 g/mol. The molecule has 1 N–H and O–H groups in total. The molecule has 0 aliphatic rings. The lowest BCUT2D eigenvalue weighted by Crippen LogP contribution is -1.99. The first kappa shape index (κ1) is 17.1. The third-order valence-electron chi connectivity index (χ3n) is 3.13. The molecule has 1 rings (SSSR count). The number of rotatable bonds is 5. The third kappa shape index (κ3) is 4.83. The molecule has 0 fully saturated rings. The SMILES string of the molecule is C/C=C\c1ccc(CO)nc1C(=C/C)/C(C)=C\C=C(C)C. The Kier molecular flexibility index (Phi) is 6.83. The van der Waals surface area contributed by atoms with Gasteiger partial charge in [0.1, 0.15) is 0 Å². The normalized spacial score (nSPS) is 12.9. The number of aromatic nitrogens is 1. The van der Waals surface area contributed by atoms with E-state index in [9.17, 15) is 5.11 Å². The molecular weight excluding hydrogens is 258 g/mol. The maximum atomic E-state index is 9.33. The van der Waals surface area contributed by atoms with Crippen molar-refractivity contribution in [2.24, 2.45) is 0 Å². The second-order valence-electron chi connectivity index (χ2n) is 5.19. The van der Waals surface area contributed by atoms with Crippen molar-refractivity contribution in [2.75, 3.05) is 0 Å². The molecule has 2 nitrogen and oxygen atoms in total. The predicted molar refractivity (Wildman–Crippen MR) is 91.7 cm³/mol. The van der Waals surface area contributed by atoms with Gasteiger partial charge in [0.25, 0.3) is 0 Å². The zero-order chi connectivity index (χ0) is 15.8. The van der Waals surface area contributed by atoms with Crippen LogP contribution in [0.1, 0.15) is 51.6 Å². The monoisotopic (exact) mass is 283 g/mol. The van der Waals surface area contributed by atoms with Gasteiger partial charge in [-0.3, -0.25) is 0 Å². The molecule has 2 heteroatoms. The Morgan fingerprint density at radius 1 is 1.14 bits per heavy atom. The molecule has 21 heavy (non-hydrogen) atoms. The van der Waals surface area contributed by atoms with Crippen LogP contribution in [0.3, 0.4) is 0 Å². The summed E-state index contributed by atoms with van der Waals surface area (Å²) in [6, 6.07) is 3.87. The van der Waals surface area contributed by atoms with E-state index >= 15 is 0 Å². The fourth-order valence-corrected chi connectivity index (χ4v) is 2.06. The van der Waals surface area contributed by atoms with Crippen molar-refractivity contribution >= 4 is 11.6 Å². The van der Waals surface area contributed by atoms with E-state index < -0.39 is 0 Å². The molecule has 0 amide bonds. The van der Waals surface area contributed by atoms with Crippen molar-refractivity contribution in [1.29, 1.82) is 0 Å². The first-order valence-electron chi connectivity index (χ1n) is 7.25. The minimum atomic E-state index is -0.0448. The molecule has 1 heterocycles. The first-order chi connectivity index (χ1) is 10.0. The molecule has 1 aromatic rings. The highest BCUT2D eigenvalue weighted by Gasteiger charge is 2.10. The lowest BCUT2D eigenvalue weighted by Gasteiger charge is -2.12. The van der Waals surface area contributed by atoms with E-state index in [4.69, 9.17) is 0 Å². The average Bonchev–Trinajstić information content (AvgIpc) is 2.47. The maximum absolute atomic E-state index is 9.33. The van der Waals surface area contributed by atoms with Crippen LogP contribution >= 0.6 is 0 Å². The highest BCUT2D eigenvalue weighted by molar-refractivity contribution is 5.81. The molecule has 0 unspecified atom stereocenters. The molecule has 0 atom stereocenters. The fraction of sp³-hybridized carbons (Fsp3) is 0.316. The number of allylic oxidation sites excluding steroid dienone is 7. The summed E-state index contributed by atoms with van der Waals surface area (Å²) in [5, 5.41) is 9.33. The van der Waals surface area contributed by atoms with E-state index in [1.165, 1.54) is 5.57 Å². The summed E-state index contributed by atoms with van der Waals surface area (Å²) in [6.45, 7) is 10.2. The second-order valence-corrected chi connectivity index (χ2v) is 5.19. The Labute approximate surface area is 128 Å². The van der Waals surface area contributed by atoms with Gasteiger partial charge in [0, 0.05) is 5.56 Å². The van der Waals surface area contributed by atoms with Crippen LogP contribution < -0.4 is 0 Å². The van der Waals surface area contributed by atoms with Crippen LogP contribution in [0.4, 0.5) is 0 Å². The standard InChI is InChI=1S/C19H25NO/c1-6-8-16-11-12-17(13-21)20-19(16)18(7-2)15(5)10-9-14(3)4/h6-12,21H,13H2,1-5H3/b8-6-,15-10-,18-7+. The van der Waals surface area contributed by atoms with Crippen molar-refractivity contribution in [2.45, 2.75) is 41.2 Å². The summed E-state index contributed by atoms with van der Waals surface area (Å²) < 4.78 is 0. The smallest absolute Gasteiger partial charge is 0.0853 e. The molecule has 0 aliphatic heterocycles. The molecule has 0 aliphatic carbocycles. The highest BCUT2D eigenvalue weighted by Crippen LogP contribution is 2.26. The minimum absolute atomic E-state index is 0.0448. The van der Waals surface area contributed by atoms with Gasteiger partial charge in [0.15, 0.2) is 0 Å². The summed E-state index contributed by atoms with van der Waals surface area (Å²) in [5.41, 5.74) is 6.18. The molecule has 0 aromatic carbocycles. The van der Waals surface area contributed by atoms with Crippen LogP contribution in [0, 0.1) is 0 Å². The first-order valence-corrected chi connectivity index (χ1v) is 7.25. The molecule has 1 aromatic heterocycles. The van der Waals surface area contributed by atoms with E-state index in [1.54, 1.807) is 0 Å². The molecule has 0 radical (unpaired) electrons. The van der Waals surface area contributed by atoms with Gasteiger partial charge in [0.05, 0.1) is 18.0 Å². The van der Waals surface area contributed by atoms with Crippen molar-refractivity contribution in [3.63, 3.8) is 0 Å². The van der Waals surface area contributed by atoms with Gasteiger partial charge in [-0.2, -0.15) is 0 Å². The summed E-state index contributed by atoms with van der Waals surface area (Å²) in [6.07, 6.45) is 10.3. The van der Waals surface area contributed by atoms with Crippen LogP contribution in [0.15, 0.2) is 47.6 Å². The van der Waals surface area contributed by atoms with Crippen LogP contribution in [-0.2, 0) is 6.61 Å². The van der Waals surface area contributed by atoms with Gasteiger partial charge in [-0.1, -0.05) is 42.0 Å². The molecule has 112 valence electrons. The summed E-state index contributed by atoms with van der Waals surface area (Å²) in [4.78, 5) is 4.60. The van der Waals surface area contributed by atoms with Crippen molar-refractivity contribution < 1.29 is 5.11 Å². The van der Waals surface area contributed by atoms with Crippen molar-refractivity contribution in [3.05, 3.63) is 64.5 Å². The lowest BCUT2D eigenvalue weighted by molar-refractivity contribution is 0.277. The van der Waals surface area contributed by atoms with Gasteiger partial charge < -0.3 is 5.11 Å². The van der Waals surface area contributed by atoms with Gasteiger partial charge >= 0.3 is 0 Å². The third-order valence-corrected chi connectivity index (χ3v) is 3.13. The van der Waals surface area contributed by atoms with Gasteiger partial charge in [-0.25, -0.2) is 4.98 Å². The zero-order valence-corrected chi connectivity index (χ0v) is 13.6. The molecular formula is C19H25NO. The number of hydrogen-bond acceptors (Lipinski definition) is 2. The predicted octanol–water partition coefficient (Wildman–Crippen LogP) is 4.92. The topological polar surface area (TPSA) is 33.1 Å². The number of aliphatic hydroxyl groups excluding tert-OH is 1. The minimum Gasteiger partial charge on any atom is -0.390 e. The molecule has 0 saturated heterocycles. The molecule has 0 spiro atoms. The number of pyridine rings is 1. The summed E-state index contributed by atoms with van der Waals surface area (Å²) in [5.74, 6) is 0. The van der Waals surface area contributed by atoms with E-state index in [-0.39, 0.29) is 6.61 Å². The summed E-state index contributed by atoms with van der Waals surface area (Å²) >= 11 is 0. The Bertz CT molecular complexity index is 600. The Morgan fingerprint density at radius 2 is 1.86 bits per heavy atom. The van der Waals surface area contributed by atoms with E-state index in [1.807, 2.05) is 38.1 Å². The van der Waals surface area contributed by atoms with Crippen LogP contribution in [0.5, 0.6) is 0 Å².